The molecule has 1 atom stereocenters. The van der Waals surface area contributed by atoms with Crippen molar-refractivity contribution < 1.29 is 9.53 Å². The van der Waals surface area contributed by atoms with Crippen LogP contribution in [-0.2, 0) is 9.53 Å². The zero-order chi connectivity index (χ0) is 7.98. The van der Waals surface area contributed by atoms with Crippen LogP contribution in [0, 0.1) is 0 Å². The molecule has 0 saturated heterocycles. The van der Waals surface area contributed by atoms with E-state index in [0.29, 0.717) is 12.4 Å². The minimum atomic E-state index is 0.0185. The SMILES string of the molecule is CCOC(=C=O)C(Br)CC. The fourth-order valence-electron chi connectivity index (χ4n) is 0.525. The molecule has 1 unspecified atom stereocenters. The average Bonchev–Trinajstić information content (AvgIpc) is 1.99. The topological polar surface area (TPSA) is 26.3 Å². The third-order valence-corrected chi connectivity index (χ3v) is 2.11. The minimum absolute atomic E-state index is 0.0185. The summed E-state index contributed by atoms with van der Waals surface area (Å²) in [6, 6.07) is 0. The standard InChI is InChI=1S/C7H11BrO2/c1-3-6(8)7(5-9)10-4-2/h6H,3-4H2,1-2H3. The van der Waals surface area contributed by atoms with Crippen LogP contribution in [0.2, 0.25) is 0 Å². The van der Waals surface area contributed by atoms with Gasteiger partial charge in [-0.05, 0) is 13.3 Å². The summed E-state index contributed by atoms with van der Waals surface area (Å²) in [6.45, 7) is 4.33. The summed E-state index contributed by atoms with van der Waals surface area (Å²) in [5.74, 6) is 2.12. The van der Waals surface area contributed by atoms with Crippen molar-refractivity contribution in [3.05, 3.63) is 5.76 Å². The number of allylic oxidation sites excluding steroid dienone is 1. The minimum Gasteiger partial charge on any atom is -0.486 e. The second-order valence-corrected chi connectivity index (χ2v) is 2.88. The predicted molar refractivity (Wildman–Crippen MR) is 43.8 cm³/mol. The molecule has 0 fully saturated rings. The Labute approximate surface area is 69.4 Å². The summed E-state index contributed by atoms with van der Waals surface area (Å²) in [5, 5.41) is 0. The largest absolute Gasteiger partial charge is 0.486 e. The van der Waals surface area contributed by atoms with Crippen LogP contribution in [0.4, 0.5) is 0 Å². The highest BCUT2D eigenvalue weighted by Crippen LogP contribution is 2.13. The molecule has 0 aliphatic carbocycles. The molecule has 0 saturated carbocycles. The summed E-state index contributed by atoms with van der Waals surface area (Å²) in [5.41, 5.74) is 0. The van der Waals surface area contributed by atoms with E-state index in [2.05, 4.69) is 15.9 Å². The third kappa shape index (κ3) is 3.04. The van der Waals surface area contributed by atoms with Gasteiger partial charge in [0, 0.05) is 0 Å². The number of carbonyl (C=O) groups excluding carboxylic acids is 1. The van der Waals surface area contributed by atoms with E-state index < -0.39 is 0 Å². The molecule has 0 aromatic heterocycles. The average molecular weight is 207 g/mol. The van der Waals surface area contributed by atoms with Crippen molar-refractivity contribution in [3.8, 4) is 0 Å². The van der Waals surface area contributed by atoms with E-state index in [-0.39, 0.29) is 4.83 Å². The van der Waals surface area contributed by atoms with Crippen molar-refractivity contribution in [1.82, 2.24) is 0 Å². The second kappa shape index (κ2) is 5.51. The van der Waals surface area contributed by atoms with E-state index in [1.807, 2.05) is 13.8 Å². The number of ether oxygens (including phenoxy) is 1. The molecule has 0 aliphatic heterocycles. The fraction of sp³-hybridized carbons (Fsp3) is 0.714. The second-order valence-electron chi connectivity index (χ2n) is 1.78. The first-order chi connectivity index (χ1) is 4.76. The van der Waals surface area contributed by atoms with Gasteiger partial charge in [-0.2, -0.15) is 0 Å². The Balaban J connectivity index is 3.95. The molecule has 10 heavy (non-hydrogen) atoms. The normalized spacial score (nSPS) is 11.9. The van der Waals surface area contributed by atoms with Crippen molar-refractivity contribution in [2.45, 2.75) is 25.1 Å². The van der Waals surface area contributed by atoms with E-state index in [0.717, 1.165) is 6.42 Å². The van der Waals surface area contributed by atoms with Gasteiger partial charge in [0.05, 0.1) is 11.4 Å². The lowest BCUT2D eigenvalue weighted by Crippen LogP contribution is -2.05. The van der Waals surface area contributed by atoms with Gasteiger partial charge in [0.25, 0.3) is 0 Å². The van der Waals surface area contributed by atoms with Crippen LogP contribution in [0.5, 0.6) is 0 Å². The highest BCUT2D eigenvalue weighted by atomic mass is 79.9. The van der Waals surface area contributed by atoms with Gasteiger partial charge in [-0.15, -0.1) is 0 Å². The molecule has 0 radical (unpaired) electrons. The van der Waals surface area contributed by atoms with Crippen LogP contribution in [0.1, 0.15) is 20.3 Å². The monoisotopic (exact) mass is 206 g/mol. The first kappa shape index (κ1) is 9.73. The van der Waals surface area contributed by atoms with Gasteiger partial charge >= 0.3 is 0 Å². The van der Waals surface area contributed by atoms with Crippen LogP contribution in [0.25, 0.3) is 0 Å². The lowest BCUT2D eigenvalue weighted by molar-refractivity contribution is 0.225. The number of hydrogen-bond donors (Lipinski definition) is 0. The zero-order valence-corrected chi connectivity index (χ0v) is 7.77. The van der Waals surface area contributed by atoms with E-state index >= 15 is 0 Å². The van der Waals surface area contributed by atoms with Gasteiger partial charge in [0.15, 0.2) is 11.7 Å². The lowest BCUT2D eigenvalue weighted by Gasteiger charge is -2.07. The smallest absolute Gasteiger partial charge is 0.193 e. The maximum atomic E-state index is 10.2. The van der Waals surface area contributed by atoms with Crippen LogP contribution in [0.15, 0.2) is 5.76 Å². The molecular formula is C7H11BrO2. The van der Waals surface area contributed by atoms with Gasteiger partial charge in [-0.3, -0.25) is 0 Å². The molecule has 2 nitrogen and oxygen atoms in total. The van der Waals surface area contributed by atoms with Crippen molar-refractivity contribution >= 4 is 21.9 Å². The quantitative estimate of drug-likeness (QED) is 0.400. The fourth-order valence-corrected chi connectivity index (χ4v) is 0.750. The Bertz CT molecular complexity index is 139. The first-order valence-corrected chi connectivity index (χ1v) is 4.19. The van der Waals surface area contributed by atoms with Crippen LogP contribution >= 0.6 is 15.9 Å². The van der Waals surface area contributed by atoms with Crippen molar-refractivity contribution in [2.24, 2.45) is 0 Å². The van der Waals surface area contributed by atoms with Crippen molar-refractivity contribution in [1.29, 1.82) is 0 Å². The molecule has 0 aliphatic rings. The first-order valence-electron chi connectivity index (χ1n) is 3.28. The van der Waals surface area contributed by atoms with Crippen molar-refractivity contribution in [3.63, 3.8) is 0 Å². The zero-order valence-electron chi connectivity index (χ0n) is 6.19. The van der Waals surface area contributed by atoms with E-state index in [4.69, 9.17) is 4.74 Å². The van der Waals surface area contributed by atoms with Crippen molar-refractivity contribution in [2.75, 3.05) is 6.61 Å². The summed E-state index contributed by atoms with van der Waals surface area (Å²) >= 11 is 3.28. The molecule has 0 N–H and O–H groups in total. The van der Waals surface area contributed by atoms with Crippen LogP contribution < -0.4 is 0 Å². The molecule has 0 rings (SSSR count). The summed E-state index contributed by atoms with van der Waals surface area (Å²) < 4.78 is 4.99. The maximum Gasteiger partial charge on any atom is 0.193 e. The van der Waals surface area contributed by atoms with Gasteiger partial charge in [0.2, 0.25) is 0 Å². The molecule has 0 spiro atoms. The number of halogens is 1. The Morgan fingerprint density at radius 3 is 2.60 bits per heavy atom. The molecule has 0 aromatic carbocycles. The Hall–Kier alpha value is -0.270. The van der Waals surface area contributed by atoms with Crippen LogP contribution in [0.3, 0.4) is 0 Å². The van der Waals surface area contributed by atoms with Gasteiger partial charge < -0.3 is 4.74 Å². The van der Waals surface area contributed by atoms with E-state index in [1.54, 1.807) is 5.94 Å². The molecular weight excluding hydrogens is 196 g/mol. The summed E-state index contributed by atoms with van der Waals surface area (Å²) in [7, 11) is 0. The predicted octanol–water partition coefficient (Wildman–Crippen LogP) is 1.91. The number of alkyl halides is 1. The lowest BCUT2D eigenvalue weighted by atomic mass is 10.3. The maximum absolute atomic E-state index is 10.2. The molecule has 0 bridgehead atoms. The summed E-state index contributed by atoms with van der Waals surface area (Å²) in [4.78, 5) is 10.2. The Morgan fingerprint density at radius 2 is 2.30 bits per heavy atom. The van der Waals surface area contributed by atoms with Gasteiger partial charge in [-0.25, -0.2) is 4.79 Å². The van der Waals surface area contributed by atoms with Gasteiger partial charge in [0.1, 0.15) is 0 Å². The highest BCUT2D eigenvalue weighted by Gasteiger charge is 2.09. The molecule has 3 heteroatoms. The van der Waals surface area contributed by atoms with E-state index in [9.17, 15) is 4.79 Å². The molecule has 58 valence electrons. The number of rotatable bonds is 4. The molecule has 0 heterocycles. The highest BCUT2D eigenvalue weighted by molar-refractivity contribution is 9.09. The van der Waals surface area contributed by atoms with E-state index in [1.165, 1.54) is 0 Å². The van der Waals surface area contributed by atoms with Gasteiger partial charge in [-0.1, -0.05) is 22.9 Å². The molecule has 0 amide bonds. The van der Waals surface area contributed by atoms with Crippen LogP contribution in [-0.4, -0.2) is 17.4 Å². The Morgan fingerprint density at radius 1 is 1.70 bits per heavy atom. The summed E-state index contributed by atoms with van der Waals surface area (Å²) in [6.07, 6.45) is 0.838. The Kier molecular flexibility index (Phi) is 5.36. The number of hydrogen-bond acceptors (Lipinski definition) is 2. The third-order valence-electron chi connectivity index (χ3n) is 1.04. The molecule has 0 aromatic rings.